The molecule has 0 aliphatic carbocycles. The Morgan fingerprint density at radius 3 is 3.20 bits per heavy atom. The minimum absolute atomic E-state index is 0.0331. The SMILES string of the molecule is NC(CCO)c1nn2cccc2c(=O)[nH]1. The summed E-state index contributed by atoms with van der Waals surface area (Å²) >= 11 is 0. The number of H-pyrrole nitrogens is 1. The first kappa shape index (κ1) is 9.88. The zero-order valence-corrected chi connectivity index (χ0v) is 8.05. The van der Waals surface area contributed by atoms with E-state index in [1.807, 2.05) is 0 Å². The lowest BCUT2D eigenvalue weighted by Crippen LogP contribution is -2.22. The molecule has 6 nitrogen and oxygen atoms in total. The molecule has 0 radical (unpaired) electrons. The standard InChI is InChI=1S/C9H12N4O2/c10-6(3-5-14)8-11-9(15)7-2-1-4-13(7)12-8/h1-2,4,6,14H,3,5,10H2,(H,11,12,15). The molecule has 15 heavy (non-hydrogen) atoms. The second kappa shape index (κ2) is 3.84. The van der Waals surface area contributed by atoms with Gasteiger partial charge in [-0.2, -0.15) is 5.10 Å². The average Bonchev–Trinajstić information content (AvgIpc) is 2.66. The van der Waals surface area contributed by atoms with E-state index in [4.69, 9.17) is 10.8 Å². The third kappa shape index (κ3) is 1.77. The Bertz CT molecular complexity index is 516. The van der Waals surface area contributed by atoms with E-state index in [1.165, 1.54) is 4.52 Å². The van der Waals surface area contributed by atoms with Crippen LogP contribution in [0.3, 0.4) is 0 Å². The number of nitrogens with one attached hydrogen (secondary N) is 1. The van der Waals surface area contributed by atoms with Gasteiger partial charge in [-0.25, -0.2) is 4.52 Å². The van der Waals surface area contributed by atoms with Crippen molar-refractivity contribution in [2.24, 2.45) is 5.73 Å². The molecule has 0 aliphatic rings. The Balaban J connectivity index is 2.49. The summed E-state index contributed by atoms with van der Waals surface area (Å²) in [5.74, 6) is 0.387. The lowest BCUT2D eigenvalue weighted by atomic mass is 10.2. The van der Waals surface area contributed by atoms with Gasteiger partial charge in [-0.05, 0) is 18.6 Å². The highest BCUT2D eigenvalue weighted by molar-refractivity contribution is 5.43. The van der Waals surface area contributed by atoms with Gasteiger partial charge in [-0.15, -0.1) is 0 Å². The Labute approximate surface area is 85.3 Å². The van der Waals surface area contributed by atoms with Crippen molar-refractivity contribution < 1.29 is 5.11 Å². The highest BCUT2D eigenvalue weighted by atomic mass is 16.3. The molecule has 0 amide bonds. The van der Waals surface area contributed by atoms with E-state index >= 15 is 0 Å². The summed E-state index contributed by atoms with van der Waals surface area (Å²) in [6.07, 6.45) is 2.05. The maximum Gasteiger partial charge on any atom is 0.275 e. The van der Waals surface area contributed by atoms with Crippen molar-refractivity contribution in [3.05, 3.63) is 34.5 Å². The molecule has 1 unspecified atom stereocenters. The van der Waals surface area contributed by atoms with Gasteiger partial charge in [0, 0.05) is 12.8 Å². The Kier molecular flexibility index (Phi) is 2.53. The van der Waals surface area contributed by atoms with Crippen LogP contribution in [0.1, 0.15) is 18.3 Å². The highest BCUT2D eigenvalue weighted by Gasteiger charge is 2.10. The van der Waals surface area contributed by atoms with Gasteiger partial charge in [0.05, 0.1) is 6.04 Å². The molecule has 1 atom stereocenters. The molecule has 2 rings (SSSR count). The van der Waals surface area contributed by atoms with Crippen LogP contribution in [0.2, 0.25) is 0 Å². The van der Waals surface area contributed by atoms with Gasteiger partial charge < -0.3 is 15.8 Å². The van der Waals surface area contributed by atoms with Crippen molar-refractivity contribution in [1.82, 2.24) is 14.6 Å². The first-order chi connectivity index (χ1) is 7.22. The largest absolute Gasteiger partial charge is 0.396 e. The second-order valence-corrected chi connectivity index (χ2v) is 3.30. The molecule has 0 aliphatic heterocycles. The number of rotatable bonds is 3. The second-order valence-electron chi connectivity index (χ2n) is 3.30. The topological polar surface area (TPSA) is 96.4 Å². The number of aliphatic hydroxyl groups is 1. The number of fused-ring (bicyclic) bond motifs is 1. The Morgan fingerprint density at radius 2 is 2.47 bits per heavy atom. The number of aliphatic hydroxyl groups excluding tert-OH is 1. The highest BCUT2D eigenvalue weighted by Crippen LogP contribution is 2.06. The molecule has 4 N–H and O–H groups in total. The minimum atomic E-state index is -0.450. The molecule has 2 heterocycles. The third-order valence-corrected chi connectivity index (χ3v) is 2.21. The van der Waals surface area contributed by atoms with E-state index in [1.54, 1.807) is 18.3 Å². The fraction of sp³-hybridized carbons (Fsp3) is 0.333. The van der Waals surface area contributed by atoms with E-state index in [0.717, 1.165) is 0 Å². The average molecular weight is 208 g/mol. The summed E-state index contributed by atoms with van der Waals surface area (Å²) < 4.78 is 1.48. The van der Waals surface area contributed by atoms with E-state index in [-0.39, 0.29) is 12.2 Å². The zero-order valence-electron chi connectivity index (χ0n) is 8.05. The molecule has 80 valence electrons. The molecular weight excluding hydrogens is 196 g/mol. The smallest absolute Gasteiger partial charge is 0.275 e. The van der Waals surface area contributed by atoms with Crippen molar-refractivity contribution in [3.63, 3.8) is 0 Å². The maximum absolute atomic E-state index is 11.5. The van der Waals surface area contributed by atoms with Gasteiger partial charge in [0.1, 0.15) is 11.3 Å². The number of nitrogens with two attached hydrogens (primary N) is 1. The first-order valence-electron chi connectivity index (χ1n) is 4.66. The van der Waals surface area contributed by atoms with Crippen LogP contribution in [0.15, 0.2) is 23.1 Å². The molecule has 0 fully saturated rings. The van der Waals surface area contributed by atoms with Crippen LogP contribution < -0.4 is 11.3 Å². The lowest BCUT2D eigenvalue weighted by Gasteiger charge is -2.08. The molecule has 0 aromatic carbocycles. The predicted octanol–water partition coefficient (Wildman–Crippen LogP) is -0.595. The fourth-order valence-corrected chi connectivity index (χ4v) is 1.40. The van der Waals surface area contributed by atoms with Crippen LogP contribution in [0.4, 0.5) is 0 Å². The fourth-order valence-electron chi connectivity index (χ4n) is 1.40. The predicted molar refractivity (Wildman–Crippen MR) is 54.4 cm³/mol. The van der Waals surface area contributed by atoms with Gasteiger partial charge in [-0.1, -0.05) is 0 Å². The van der Waals surface area contributed by atoms with Gasteiger partial charge in [0.2, 0.25) is 0 Å². The summed E-state index contributed by atoms with van der Waals surface area (Å²) in [4.78, 5) is 14.1. The van der Waals surface area contributed by atoms with Crippen molar-refractivity contribution in [2.45, 2.75) is 12.5 Å². The summed E-state index contributed by atoms with van der Waals surface area (Å²) in [7, 11) is 0. The van der Waals surface area contributed by atoms with Crippen molar-refractivity contribution in [1.29, 1.82) is 0 Å². The molecular formula is C9H12N4O2. The van der Waals surface area contributed by atoms with Crippen LogP contribution in [0.25, 0.3) is 5.52 Å². The van der Waals surface area contributed by atoms with E-state index in [0.29, 0.717) is 17.8 Å². The molecule has 0 bridgehead atoms. The number of nitrogens with zero attached hydrogens (tertiary/aromatic N) is 2. The number of aromatic amines is 1. The summed E-state index contributed by atoms with van der Waals surface area (Å²) in [5, 5.41) is 12.9. The van der Waals surface area contributed by atoms with Crippen molar-refractivity contribution in [2.75, 3.05) is 6.61 Å². The summed E-state index contributed by atoms with van der Waals surface area (Å²) in [5.41, 5.74) is 5.99. The van der Waals surface area contributed by atoms with Gasteiger partial charge >= 0.3 is 0 Å². The van der Waals surface area contributed by atoms with E-state index in [2.05, 4.69) is 10.1 Å². The van der Waals surface area contributed by atoms with Crippen molar-refractivity contribution in [3.8, 4) is 0 Å². The summed E-state index contributed by atoms with van der Waals surface area (Å²) in [6.45, 7) is -0.0331. The number of hydrogen-bond donors (Lipinski definition) is 3. The van der Waals surface area contributed by atoms with Crippen LogP contribution in [0, 0.1) is 0 Å². The normalized spacial score (nSPS) is 13.2. The van der Waals surface area contributed by atoms with Gasteiger partial charge in [0.25, 0.3) is 5.56 Å². The minimum Gasteiger partial charge on any atom is -0.396 e. The van der Waals surface area contributed by atoms with Crippen molar-refractivity contribution >= 4 is 5.52 Å². The third-order valence-electron chi connectivity index (χ3n) is 2.21. The summed E-state index contributed by atoms with van der Waals surface area (Å²) in [6, 6.07) is 2.96. The molecule has 6 heteroatoms. The zero-order chi connectivity index (χ0) is 10.8. The Morgan fingerprint density at radius 1 is 1.67 bits per heavy atom. The molecule has 0 saturated carbocycles. The first-order valence-corrected chi connectivity index (χ1v) is 4.66. The van der Waals surface area contributed by atoms with Crippen LogP contribution in [-0.4, -0.2) is 26.3 Å². The van der Waals surface area contributed by atoms with Crippen LogP contribution in [0.5, 0.6) is 0 Å². The number of hydrogen-bond acceptors (Lipinski definition) is 4. The lowest BCUT2D eigenvalue weighted by molar-refractivity contribution is 0.274. The van der Waals surface area contributed by atoms with Gasteiger partial charge in [0.15, 0.2) is 0 Å². The van der Waals surface area contributed by atoms with Crippen LogP contribution in [-0.2, 0) is 0 Å². The molecule has 2 aromatic rings. The van der Waals surface area contributed by atoms with E-state index in [9.17, 15) is 4.79 Å². The quantitative estimate of drug-likeness (QED) is 0.627. The Hall–Kier alpha value is -1.66. The molecule has 0 spiro atoms. The molecule has 0 saturated heterocycles. The molecule has 2 aromatic heterocycles. The number of aromatic nitrogens is 3. The van der Waals surface area contributed by atoms with Gasteiger partial charge in [-0.3, -0.25) is 4.79 Å². The monoisotopic (exact) mass is 208 g/mol. The maximum atomic E-state index is 11.5. The van der Waals surface area contributed by atoms with Crippen LogP contribution >= 0.6 is 0 Å². The van der Waals surface area contributed by atoms with E-state index < -0.39 is 6.04 Å².